The number of carbonyl (C=O) groups is 1. The summed E-state index contributed by atoms with van der Waals surface area (Å²) in [6.07, 6.45) is 0.537. The van der Waals surface area contributed by atoms with Gasteiger partial charge in [-0.1, -0.05) is 6.07 Å². The fourth-order valence-electron chi connectivity index (χ4n) is 1.95. The first-order valence-electron chi connectivity index (χ1n) is 6.07. The molecule has 2 rings (SSSR count). The number of pyridine rings is 1. The maximum Gasteiger partial charge on any atom is 0.337 e. The summed E-state index contributed by atoms with van der Waals surface area (Å²) in [6.45, 7) is -0.430. The third kappa shape index (κ3) is 2.71. The molecule has 1 aromatic heterocycles. The molecule has 1 heterocycles. The molecule has 1 atom stereocenters. The Balaban J connectivity index is 2.52. The van der Waals surface area contributed by atoms with Crippen LogP contribution in [0.3, 0.4) is 0 Å². The van der Waals surface area contributed by atoms with Crippen molar-refractivity contribution in [1.82, 2.24) is 4.57 Å². The van der Waals surface area contributed by atoms with Crippen molar-refractivity contribution in [1.29, 1.82) is 0 Å². The lowest BCUT2D eigenvalue weighted by atomic mass is 10.1. The summed E-state index contributed by atoms with van der Waals surface area (Å²) in [5, 5.41) is 19.3. The zero-order chi connectivity index (χ0) is 14.7. The van der Waals surface area contributed by atoms with E-state index in [4.69, 9.17) is 5.11 Å². The summed E-state index contributed by atoms with van der Waals surface area (Å²) in [7, 11) is 1.27. The molecule has 0 unspecified atom stereocenters. The fraction of sp³-hybridized carbons (Fsp3) is 0.286. The SMILES string of the molecule is COC(=O)c1ccc2ccn(C[C@H](O)CO)c(=O)c2c1. The number of hydrogen-bond donors (Lipinski definition) is 2. The van der Waals surface area contributed by atoms with Crippen LogP contribution in [0, 0.1) is 0 Å². The Morgan fingerprint density at radius 2 is 2.15 bits per heavy atom. The highest BCUT2D eigenvalue weighted by atomic mass is 16.5. The molecule has 0 fully saturated rings. The first kappa shape index (κ1) is 14.2. The number of aromatic nitrogens is 1. The van der Waals surface area contributed by atoms with Crippen molar-refractivity contribution >= 4 is 16.7 Å². The van der Waals surface area contributed by atoms with Gasteiger partial charge in [-0.05, 0) is 23.6 Å². The minimum absolute atomic E-state index is 0.00623. The molecular formula is C14H15NO5. The molecule has 0 aliphatic rings. The number of nitrogens with zero attached hydrogens (tertiary/aromatic N) is 1. The molecule has 0 amide bonds. The molecule has 0 aliphatic heterocycles. The van der Waals surface area contributed by atoms with Crippen LogP contribution < -0.4 is 5.56 Å². The molecule has 1 aromatic carbocycles. The molecule has 6 heteroatoms. The summed E-state index contributed by atoms with van der Waals surface area (Å²) in [6, 6.07) is 6.42. The molecule has 0 saturated heterocycles. The number of ether oxygens (including phenoxy) is 1. The van der Waals surface area contributed by atoms with E-state index >= 15 is 0 Å². The van der Waals surface area contributed by atoms with Gasteiger partial charge < -0.3 is 19.5 Å². The molecule has 106 valence electrons. The topological polar surface area (TPSA) is 88.8 Å². The number of aliphatic hydroxyl groups excluding tert-OH is 2. The number of esters is 1. The summed E-state index contributed by atoms with van der Waals surface area (Å²) in [4.78, 5) is 23.7. The van der Waals surface area contributed by atoms with Crippen molar-refractivity contribution in [3.8, 4) is 0 Å². The molecule has 0 aliphatic carbocycles. The van der Waals surface area contributed by atoms with Crippen LogP contribution in [0.5, 0.6) is 0 Å². The van der Waals surface area contributed by atoms with E-state index in [0.29, 0.717) is 10.8 Å². The first-order valence-corrected chi connectivity index (χ1v) is 6.07. The molecular weight excluding hydrogens is 262 g/mol. The van der Waals surface area contributed by atoms with Crippen molar-refractivity contribution in [2.45, 2.75) is 12.6 Å². The van der Waals surface area contributed by atoms with Crippen molar-refractivity contribution < 1.29 is 19.7 Å². The van der Waals surface area contributed by atoms with Gasteiger partial charge in [0.2, 0.25) is 0 Å². The second kappa shape index (κ2) is 5.85. The van der Waals surface area contributed by atoms with Gasteiger partial charge in [0.15, 0.2) is 0 Å². The van der Waals surface area contributed by atoms with Crippen LogP contribution in [0.15, 0.2) is 35.3 Å². The number of methoxy groups -OCH3 is 1. The molecule has 0 radical (unpaired) electrons. The number of hydrogen-bond acceptors (Lipinski definition) is 5. The lowest BCUT2D eigenvalue weighted by molar-refractivity contribution is 0.0601. The number of carbonyl (C=O) groups excluding carboxylic acids is 1. The summed E-state index contributed by atoms with van der Waals surface area (Å²) in [5.74, 6) is -0.517. The first-order chi connectivity index (χ1) is 9.56. The number of aliphatic hydroxyl groups is 2. The Labute approximate surface area is 114 Å². The average molecular weight is 277 g/mol. The van der Waals surface area contributed by atoms with E-state index in [9.17, 15) is 14.7 Å². The third-order valence-corrected chi connectivity index (χ3v) is 3.02. The van der Waals surface area contributed by atoms with Gasteiger partial charge in [0.05, 0.1) is 31.9 Å². The van der Waals surface area contributed by atoms with E-state index in [1.165, 1.54) is 17.7 Å². The van der Waals surface area contributed by atoms with Gasteiger partial charge in [-0.15, -0.1) is 0 Å². The standard InChI is InChI=1S/C14H15NO5/c1-20-14(19)10-3-2-9-4-5-15(7-11(17)8-16)13(18)12(9)6-10/h2-6,11,16-17H,7-8H2,1H3/t11-/m0/s1. The van der Waals surface area contributed by atoms with Crippen molar-refractivity contribution in [2.24, 2.45) is 0 Å². The maximum atomic E-state index is 12.3. The number of benzene rings is 1. The monoisotopic (exact) mass is 277 g/mol. The zero-order valence-electron chi connectivity index (χ0n) is 10.9. The van der Waals surface area contributed by atoms with Crippen LogP contribution >= 0.6 is 0 Å². The maximum absolute atomic E-state index is 12.3. The second-order valence-corrected chi connectivity index (χ2v) is 4.40. The van der Waals surface area contributed by atoms with E-state index in [2.05, 4.69) is 4.74 Å². The largest absolute Gasteiger partial charge is 0.465 e. The smallest absolute Gasteiger partial charge is 0.337 e. The quantitative estimate of drug-likeness (QED) is 0.776. The van der Waals surface area contributed by atoms with E-state index in [1.54, 1.807) is 24.4 Å². The van der Waals surface area contributed by atoms with Crippen molar-refractivity contribution in [3.63, 3.8) is 0 Å². The Kier molecular flexibility index (Phi) is 4.16. The highest BCUT2D eigenvalue weighted by molar-refractivity contribution is 5.95. The van der Waals surface area contributed by atoms with Crippen LogP contribution in [0.1, 0.15) is 10.4 Å². The normalized spacial score (nSPS) is 12.3. The Morgan fingerprint density at radius 3 is 2.80 bits per heavy atom. The van der Waals surface area contributed by atoms with Crippen LogP contribution in [0.2, 0.25) is 0 Å². The van der Waals surface area contributed by atoms with E-state index < -0.39 is 18.7 Å². The van der Waals surface area contributed by atoms with Gasteiger partial charge in [-0.25, -0.2) is 4.79 Å². The summed E-state index contributed by atoms with van der Waals surface area (Å²) < 4.78 is 5.91. The molecule has 0 saturated carbocycles. The van der Waals surface area contributed by atoms with Crippen LogP contribution in [-0.4, -0.2) is 40.6 Å². The lowest BCUT2D eigenvalue weighted by Gasteiger charge is -2.11. The molecule has 0 spiro atoms. The van der Waals surface area contributed by atoms with Crippen molar-refractivity contribution in [2.75, 3.05) is 13.7 Å². The Morgan fingerprint density at radius 1 is 1.40 bits per heavy atom. The minimum Gasteiger partial charge on any atom is -0.465 e. The summed E-state index contributed by atoms with van der Waals surface area (Å²) in [5.41, 5.74) is -0.0432. The van der Waals surface area contributed by atoms with E-state index in [0.717, 1.165) is 0 Å². The Hall–Kier alpha value is -2.18. The lowest BCUT2D eigenvalue weighted by Crippen LogP contribution is -2.28. The van der Waals surface area contributed by atoms with Gasteiger partial charge in [0, 0.05) is 11.6 Å². The van der Waals surface area contributed by atoms with Gasteiger partial charge >= 0.3 is 5.97 Å². The highest BCUT2D eigenvalue weighted by Crippen LogP contribution is 2.13. The number of fused-ring (bicyclic) bond motifs is 1. The molecule has 0 bridgehead atoms. The van der Waals surface area contributed by atoms with Gasteiger partial charge in [0.1, 0.15) is 0 Å². The van der Waals surface area contributed by atoms with Gasteiger partial charge in [-0.3, -0.25) is 4.79 Å². The minimum atomic E-state index is -1.01. The van der Waals surface area contributed by atoms with E-state index in [1.807, 2.05) is 0 Å². The third-order valence-electron chi connectivity index (χ3n) is 3.02. The van der Waals surface area contributed by atoms with Crippen LogP contribution in [-0.2, 0) is 11.3 Å². The van der Waals surface area contributed by atoms with Gasteiger partial charge in [-0.2, -0.15) is 0 Å². The van der Waals surface area contributed by atoms with Crippen LogP contribution in [0.4, 0.5) is 0 Å². The predicted octanol–water partition coefficient (Wildman–Crippen LogP) is 0.141. The van der Waals surface area contributed by atoms with Gasteiger partial charge in [0.25, 0.3) is 5.56 Å². The zero-order valence-corrected chi connectivity index (χ0v) is 10.9. The van der Waals surface area contributed by atoms with Crippen molar-refractivity contribution in [3.05, 3.63) is 46.4 Å². The molecule has 20 heavy (non-hydrogen) atoms. The molecule has 2 N–H and O–H groups in total. The predicted molar refractivity (Wildman–Crippen MR) is 72.6 cm³/mol. The highest BCUT2D eigenvalue weighted by Gasteiger charge is 2.10. The average Bonchev–Trinajstić information content (AvgIpc) is 2.48. The molecule has 2 aromatic rings. The second-order valence-electron chi connectivity index (χ2n) is 4.40. The summed E-state index contributed by atoms with van der Waals surface area (Å²) >= 11 is 0. The molecule has 6 nitrogen and oxygen atoms in total. The number of rotatable bonds is 4. The van der Waals surface area contributed by atoms with E-state index in [-0.39, 0.29) is 17.7 Å². The Bertz CT molecular complexity index is 692. The fourth-order valence-corrected chi connectivity index (χ4v) is 1.95. The van der Waals surface area contributed by atoms with Crippen LogP contribution in [0.25, 0.3) is 10.8 Å².